The standard InChI is InChI=1S/C8H24N2OSi2/c1-7(9)12(3,4)11-13(5,6)8(2)10/h7-8H,9-10H2,1-6H3. The number of nitrogens with two attached hydrogens (primary N) is 2. The predicted molar refractivity (Wildman–Crippen MR) is 63.3 cm³/mol. The summed E-state index contributed by atoms with van der Waals surface area (Å²) >= 11 is 0. The summed E-state index contributed by atoms with van der Waals surface area (Å²) in [6.45, 7) is 12.7. The molecule has 2 atom stereocenters. The van der Waals surface area contributed by atoms with E-state index in [-0.39, 0.29) is 11.3 Å². The zero-order valence-corrected chi connectivity index (χ0v) is 11.7. The first-order valence-corrected chi connectivity index (χ1v) is 10.8. The van der Waals surface area contributed by atoms with Crippen LogP contribution in [0.25, 0.3) is 0 Å². The summed E-state index contributed by atoms with van der Waals surface area (Å²) in [7, 11) is -3.44. The molecule has 0 spiro atoms. The molecule has 0 amide bonds. The van der Waals surface area contributed by atoms with Crippen LogP contribution in [0.1, 0.15) is 13.8 Å². The van der Waals surface area contributed by atoms with Crippen LogP contribution in [0, 0.1) is 0 Å². The van der Waals surface area contributed by atoms with Crippen molar-refractivity contribution in [2.75, 3.05) is 0 Å². The monoisotopic (exact) mass is 220 g/mol. The minimum Gasteiger partial charge on any atom is -0.453 e. The minimum atomic E-state index is -1.72. The molecule has 80 valence electrons. The van der Waals surface area contributed by atoms with Crippen LogP contribution in [0.2, 0.25) is 26.2 Å². The molecule has 13 heavy (non-hydrogen) atoms. The van der Waals surface area contributed by atoms with Gasteiger partial charge in [-0.05, 0) is 26.2 Å². The molecule has 0 saturated heterocycles. The highest BCUT2D eigenvalue weighted by atomic mass is 28.4. The van der Waals surface area contributed by atoms with Crippen LogP contribution in [0.3, 0.4) is 0 Å². The average Bonchev–Trinajstić information content (AvgIpc) is 1.83. The summed E-state index contributed by atoms with van der Waals surface area (Å²) in [5, 5.41) is 0. The van der Waals surface area contributed by atoms with E-state index in [1.54, 1.807) is 0 Å². The molecule has 0 aliphatic carbocycles. The molecule has 4 N–H and O–H groups in total. The second kappa shape index (κ2) is 4.23. The molecule has 0 aromatic heterocycles. The van der Waals surface area contributed by atoms with Crippen molar-refractivity contribution in [3.63, 3.8) is 0 Å². The quantitative estimate of drug-likeness (QED) is 0.700. The zero-order chi connectivity index (χ0) is 10.9. The Kier molecular flexibility index (Phi) is 4.33. The van der Waals surface area contributed by atoms with Crippen LogP contribution in [0.5, 0.6) is 0 Å². The molecule has 0 fully saturated rings. The van der Waals surface area contributed by atoms with E-state index in [2.05, 4.69) is 26.2 Å². The van der Waals surface area contributed by atoms with Gasteiger partial charge in [-0.3, -0.25) is 0 Å². The molecule has 0 saturated carbocycles. The van der Waals surface area contributed by atoms with E-state index >= 15 is 0 Å². The highest BCUT2D eigenvalue weighted by molar-refractivity contribution is 6.86. The van der Waals surface area contributed by atoms with E-state index in [0.717, 1.165) is 0 Å². The van der Waals surface area contributed by atoms with Gasteiger partial charge < -0.3 is 15.6 Å². The Morgan fingerprint density at radius 3 is 1.23 bits per heavy atom. The second-order valence-corrected chi connectivity index (χ2v) is 13.9. The highest BCUT2D eigenvalue weighted by Crippen LogP contribution is 2.18. The lowest BCUT2D eigenvalue weighted by atomic mass is 10.8. The Labute approximate surface area is 84.1 Å². The molecule has 0 aliphatic rings. The molecule has 0 radical (unpaired) electrons. The lowest BCUT2D eigenvalue weighted by molar-refractivity contribution is 0.509. The number of hydrogen-bond donors (Lipinski definition) is 2. The van der Waals surface area contributed by atoms with Gasteiger partial charge in [0.1, 0.15) is 0 Å². The Hall–Kier alpha value is 0.314. The smallest absolute Gasteiger partial charge is 0.189 e. The van der Waals surface area contributed by atoms with Crippen LogP contribution in [0.4, 0.5) is 0 Å². The SMILES string of the molecule is CC(N)[Si](C)(C)O[Si](C)(C)C(C)N. The third-order valence-electron chi connectivity index (χ3n) is 2.72. The molecule has 3 nitrogen and oxygen atoms in total. The fraction of sp³-hybridized carbons (Fsp3) is 1.00. The first-order chi connectivity index (χ1) is 5.59. The first-order valence-electron chi connectivity index (χ1n) is 4.81. The zero-order valence-electron chi connectivity index (χ0n) is 9.72. The topological polar surface area (TPSA) is 61.3 Å². The predicted octanol–water partition coefficient (Wildman–Crippen LogP) is 1.19. The van der Waals surface area contributed by atoms with Gasteiger partial charge in [-0.15, -0.1) is 0 Å². The van der Waals surface area contributed by atoms with Crippen LogP contribution >= 0.6 is 0 Å². The first kappa shape index (κ1) is 13.3. The molecule has 0 aliphatic heterocycles. The summed E-state index contributed by atoms with van der Waals surface area (Å²) < 4.78 is 6.18. The summed E-state index contributed by atoms with van der Waals surface area (Å²) in [6, 6.07) is 0. The molecule has 5 heteroatoms. The fourth-order valence-electron chi connectivity index (χ4n) is 0.864. The molecular formula is C8H24N2OSi2. The normalized spacial score (nSPS) is 18.5. The van der Waals surface area contributed by atoms with Crippen molar-refractivity contribution in [3.8, 4) is 0 Å². The maximum Gasteiger partial charge on any atom is 0.189 e. The van der Waals surface area contributed by atoms with Gasteiger partial charge in [0.2, 0.25) is 0 Å². The van der Waals surface area contributed by atoms with Crippen molar-refractivity contribution in [1.82, 2.24) is 0 Å². The fourth-order valence-corrected chi connectivity index (χ4v) is 7.77. The largest absolute Gasteiger partial charge is 0.453 e. The van der Waals surface area contributed by atoms with Crippen LogP contribution in [-0.2, 0) is 4.12 Å². The maximum absolute atomic E-state index is 6.18. The van der Waals surface area contributed by atoms with Crippen LogP contribution in [-0.4, -0.2) is 28.0 Å². The lowest BCUT2D eigenvalue weighted by Gasteiger charge is -2.38. The maximum atomic E-state index is 6.18. The Morgan fingerprint density at radius 2 is 1.08 bits per heavy atom. The van der Waals surface area contributed by atoms with Crippen molar-refractivity contribution in [2.45, 2.75) is 51.4 Å². The van der Waals surface area contributed by atoms with Gasteiger partial charge in [0.05, 0.1) is 0 Å². The Bertz CT molecular complexity index is 152. The average molecular weight is 220 g/mol. The molecule has 0 aromatic rings. The van der Waals surface area contributed by atoms with Crippen molar-refractivity contribution >= 4 is 16.6 Å². The molecule has 0 rings (SSSR count). The van der Waals surface area contributed by atoms with E-state index in [4.69, 9.17) is 15.6 Å². The highest BCUT2D eigenvalue weighted by Gasteiger charge is 2.37. The van der Waals surface area contributed by atoms with E-state index in [9.17, 15) is 0 Å². The Balaban J connectivity index is 4.42. The van der Waals surface area contributed by atoms with E-state index in [1.165, 1.54) is 0 Å². The van der Waals surface area contributed by atoms with E-state index in [0.29, 0.717) is 0 Å². The van der Waals surface area contributed by atoms with Crippen molar-refractivity contribution in [1.29, 1.82) is 0 Å². The summed E-state index contributed by atoms with van der Waals surface area (Å²) in [4.78, 5) is 0. The van der Waals surface area contributed by atoms with E-state index < -0.39 is 16.6 Å². The van der Waals surface area contributed by atoms with Gasteiger partial charge in [-0.1, -0.05) is 13.8 Å². The van der Waals surface area contributed by atoms with Gasteiger partial charge in [-0.25, -0.2) is 0 Å². The van der Waals surface area contributed by atoms with Crippen molar-refractivity contribution in [3.05, 3.63) is 0 Å². The van der Waals surface area contributed by atoms with E-state index in [1.807, 2.05) is 13.8 Å². The minimum absolute atomic E-state index is 0.165. The summed E-state index contributed by atoms with van der Waals surface area (Å²) in [6.07, 6.45) is 0. The summed E-state index contributed by atoms with van der Waals surface area (Å²) in [5.74, 6) is 0. The third-order valence-corrected chi connectivity index (χ3v) is 11.3. The molecular weight excluding hydrogens is 196 g/mol. The Morgan fingerprint density at radius 1 is 0.846 bits per heavy atom. The lowest BCUT2D eigenvalue weighted by Crippen LogP contribution is -2.60. The van der Waals surface area contributed by atoms with Gasteiger partial charge in [0.15, 0.2) is 16.6 Å². The second-order valence-electron chi connectivity index (χ2n) is 4.89. The summed E-state index contributed by atoms with van der Waals surface area (Å²) in [5.41, 5.74) is 12.1. The molecule has 0 heterocycles. The van der Waals surface area contributed by atoms with Gasteiger partial charge in [0, 0.05) is 11.3 Å². The number of rotatable bonds is 4. The molecule has 2 unspecified atom stereocenters. The van der Waals surface area contributed by atoms with Crippen molar-refractivity contribution in [2.24, 2.45) is 11.5 Å². The van der Waals surface area contributed by atoms with Crippen LogP contribution in [0.15, 0.2) is 0 Å². The molecule has 0 aromatic carbocycles. The molecule has 0 bridgehead atoms. The number of hydrogen-bond acceptors (Lipinski definition) is 3. The van der Waals surface area contributed by atoms with Gasteiger partial charge >= 0.3 is 0 Å². The van der Waals surface area contributed by atoms with Gasteiger partial charge in [-0.2, -0.15) is 0 Å². The van der Waals surface area contributed by atoms with Gasteiger partial charge in [0.25, 0.3) is 0 Å². The third kappa shape index (κ3) is 3.91. The van der Waals surface area contributed by atoms with Crippen molar-refractivity contribution < 1.29 is 4.12 Å². The van der Waals surface area contributed by atoms with Crippen LogP contribution < -0.4 is 11.5 Å².